The van der Waals surface area contributed by atoms with Crippen LogP contribution in [0.2, 0.25) is 0 Å². The van der Waals surface area contributed by atoms with Gasteiger partial charge in [-0.25, -0.2) is 26.9 Å². The minimum Gasteiger partial charge on any atom is -0.355 e. The van der Waals surface area contributed by atoms with Crippen molar-refractivity contribution >= 4 is 45.3 Å². The van der Waals surface area contributed by atoms with Crippen LogP contribution in [-0.2, 0) is 0 Å². The van der Waals surface area contributed by atoms with E-state index in [-0.39, 0.29) is 11.1 Å². The maximum atomic E-state index is 14.7. The molecule has 0 aliphatic carbocycles. The second-order valence-electron chi connectivity index (χ2n) is 7.88. The molecule has 4 nitrogen and oxygen atoms in total. The summed E-state index contributed by atoms with van der Waals surface area (Å²) >= 11 is 0. The minimum absolute atomic E-state index is 0.162. The number of aromatic amines is 3. The summed E-state index contributed by atoms with van der Waals surface area (Å²) in [5.41, 5.74) is 3.27. The zero-order valence-corrected chi connectivity index (χ0v) is 17.1. The van der Waals surface area contributed by atoms with Crippen molar-refractivity contribution in [2.45, 2.75) is 0 Å². The fraction of sp³-hybridized carbons (Fsp3) is 0. The molecule has 0 unspecified atom stereocenters. The molecule has 9 heteroatoms. The van der Waals surface area contributed by atoms with Crippen LogP contribution in [0.15, 0.2) is 48.5 Å². The normalized spacial score (nSPS) is 12.1. The summed E-state index contributed by atoms with van der Waals surface area (Å²) < 4.78 is 71.0. The Balaban J connectivity index is 1.76. The zero-order valence-electron chi connectivity index (χ0n) is 17.1. The highest BCUT2D eigenvalue weighted by molar-refractivity contribution is 5.96. The lowest BCUT2D eigenvalue weighted by molar-refractivity contribution is 0.381. The molecule has 6 rings (SSSR count). The summed E-state index contributed by atoms with van der Waals surface area (Å²) in [6.45, 7) is 0. The van der Waals surface area contributed by atoms with Crippen LogP contribution in [0.5, 0.6) is 0 Å². The maximum Gasteiger partial charge on any atom is 0.200 e. The number of halogens is 5. The number of fused-ring (bicyclic) bond motifs is 9. The summed E-state index contributed by atoms with van der Waals surface area (Å²) in [5.74, 6) is -10.0. The first-order chi connectivity index (χ1) is 16.4. The van der Waals surface area contributed by atoms with E-state index in [0.717, 1.165) is 11.0 Å². The highest BCUT2D eigenvalue weighted by atomic mass is 19.2. The lowest BCUT2D eigenvalue weighted by Gasteiger charge is -2.07. The van der Waals surface area contributed by atoms with E-state index in [9.17, 15) is 22.0 Å². The van der Waals surface area contributed by atoms with Gasteiger partial charge in [-0.05, 0) is 60.7 Å². The van der Waals surface area contributed by atoms with Gasteiger partial charge in [0, 0.05) is 27.6 Å². The fourth-order valence-corrected chi connectivity index (χ4v) is 4.09. The molecule has 0 fully saturated rings. The largest absolute Gasteiger partial charge is 0.355 e. The Morgan fingerprint density at radius 2 is 1.09 bits per heavy atom. The van der Waals surface area contributed by atoms with Gasteiger partial charge in [-0.2, -0.15) is 0 Å². The third-order valence-electron chi connectivity index (χ3n) is 5.63. The molecule has 1 aromatic carbocycles. The maximum absolute atomic E-state index is 14.7. The Morgan fingerprint density at radius 3 is 1.79 bits per heavy atom. The average molecular weight is 464 g/mol. The molecule has 0 amide bonds. The number of hydrogen-bond acceptors (Lipinski definition) is 1. The van der Waals surface area contributed by atoms with Crippen LogP contribution in [-0.4, -0.2) is 19.9 Å². The zero-order chi connectivity index (χ0) is 23.6. The van der Waals surface area contributed by atoms with Crippen LogP contribution in [0.4, 0.5) is 22.0 Å². The molecule has 4 aromatic heterocycles. The second-order valence-corrected chi connectivity index (χ2v) is 7.88. The molecule has 0 radical (unpaired) electrons. The van der Waals surface area contributed by atoms with Gasteiger partial charge in [-0.3, -0.25) is 0 Å². The van der Waals surface area contributed by atoms with Gasteiger partial charge in [-0.1, -0.05) is 0 Å². The number of nitrogens with one attached hydrogen (secondary N) is 3. The van der Waals surface area contributed by atoms with Crippen molar-refractivity contribution in [3.8, 4) is 11.1 Å². The monoisotopic (exact) mass is 464 g/mol. The van der Waals surface area contributed by atoms with Crippen molar-refractivity contribution in [2.75, 3.05) is 0 Å². The first-order valence-corrected chi connectivity index (χ1v) is 10.2. The number of benzene rings is 1. The van der Waals surface area contributed by atoms with Crippen molar-refractivity contribution in [1.29, 1.82) is 0 Å². The van der Waals surface area contributed by atoms with E-state index in [4.69, 9.17) is 0 Å². The molecule has 1 aliphatic rings. The molecule has 0 atom stereocenters. The molecule has 5 heterocycles. The van der Waals surface area contributed by atoms with Gasteiger partial charge in [0.25, 0.3) is 0 Å². The van der Waals surface area contributed by atoms with Gasteiger partial charge in [0.05, 0.1) is 28.0 Å². The average Bonchev–Trinajstić information content (AvgIpc) is 3.60. The Hall–Kier alpha value is -4.40. The van der Waals surface area contributed by atoms with Gasteiger partial charge in [-0.15, -0.1) is 0 Å². The molecular formula is C25H13F5N4. The van der Waals surface area contributed by atoms with Gasteiger partial charge in [0.15, 0.2) is 23.3 Å². The summed E-state index contributed by atoms with van der Waals surface area (Å²) in [7, 11) is 0. The van der Waals surface area contributed by atoms with E-state index >= 15 is 0 Å². The highest BCUT2D eigenvalue weighted by Crippen LogP contribution is 2.36. The third-order valence-corrected chi connectivity index (χ3v) is 5.63. The summed E-state index contributed by atoms with van der Waals surface area (Å²) in [5, 5.41) is 0. The number of rotatable bonds is 1. The van der Waals surface area contributed by atoms with Crippen molar-refractivity contribution < 1.29 is 22.0 Å². The van der Waals surface area contributed by atoms with Crippen molar-refractivity contribution in [3.63, 3.8) is 0 Å². The summed E-state index contributed by atoms with van der Waals surface area (Å²) in [6.07, 6.45) is 3.55. The van der Waals surface area contributed by atoms with Crippen molar-refractivity contribution in [2.24, 2.45) is 0 Å². The van der Waals surface area contributed by atoms with Gasteiger partial charge < -0.3 is 15.0 Å². The van der Waals surface area contributed by atoms with E-state index < -0.39 is 34.6 Å². The van der Waals surface area contributed by atoms with E-state index in [2.05, 4.69) is 19.9 Å². The predicted octanol–water partition coefficient (Wildman–Crippen LogP) is 7.06. The van der Waals surface area contributed by atoms with Gasteiger partial charge in [0.1, 0.15) is 0 Å². The molecule has 8 bridgehead atoms. The van der Waals surface area contributed by atoms with Gasteiger partial charge in [0.2, 0.25) is 5.82 Å². The quantitative estimate of drug-likeness (QED) is 0.136. The fourth-order valence-electron chi connectivity index (χ4n) is 4.09. The first-order valence-electron chi connectivity index (χ1n) is 10.2. The molecule has 34 heavy (non-hydrogen) atoms. The first kappa shape index (κ1) is 20.2. The number of H-pyrrole nitrogens is 3. The lowest BCUT2D eigenvalue weighted by Crippen LogP contribution is -2.03. The molecule has 5 aromatic rings. The molecule has 1 aliphatic heterocycles. The second kappa shape index (κ2) is 7.31. The Morgan fingerprint density at radius 1 is 0.529 bits per heavy atom. The number of nitrogens with zero attached hydrogens (tertiary/aromatic N) is 1. The third kappa shape index (κ3) is 3.16. The number of hydrogen-bond donors (Lipinski definition) is 3. The molecule has 168 valence electrons. The predicted molar refractivity (Wildman–Crippen MR) is 120 cm³/mol. The molecule has 0 saturated heterocycles. The lowest BCUT2D eigenvalue weighted by atomic mass is 10.0. The van der Waals surface area contributed by atoms with Crippen molar-refractivity contribution in [3.05, 3.63) is 89.0 Å². The number of aromatic nitrogens is 4. The Bertz CT molecular complexity index is 1740. The molecule has 0 spiro atoms. The Labute approximate surface area is 187 Å². The van der Waals surface area contributed by atoms with E-state index in [1.807, 2.05) is 24.3 Å². The molecule has 3 N–H and O–H groups in total. The van der Waals surface area contributed by atoms with E-state index in [1.54, 1.807) is 30.4 Å². The van der Waals surface area contributed by atoms with Crippen LogP contribution < -0.4 is 0 Å². The summed E-state index contributed by atoms with van der Waals surface area (Å²) in [6, 6.07) is 13.8. The van der Waals surface area contributed by atoms with Crippen LogP contribution in [0.3, 0.4) is 0 Å². The van der Waals surface area contributed by atoms with Crippen LogP contribution in [0, 0.1) is 29.1 Å². The van der Waals surface area contributed by atoms with E-state index in [1.165, 1.54) is 6.07 Å². The summed E-state index contributed by atoms with van der Waals surface area (Å²) in [4.78, 5) is 13.9. The van der Waals surface area contributed by atoms with E-state index in [0.29, 0.717) is 27.9 Å². The van der Waals surface area contributed by atoms with Crippen molar-refractivity contribution in [1.82, 2.24) is 19.9 Å². The standard InChI is InChI=1S/C25H13F5N4/c26-20-19(21(27)23(29)24(30)22(20)28)17-10-16-9-14-4-3-12(32-14)7-11-1-2-13(31-11)8-15-5-6-18(33-15)25(17)34-16/h1-10,31,33-34H. The van der Waals surface area contributed by atoms with Crippen LogP contribution >= 0.6 is 0 Å². The van der Waals surface area contributed by atoms with Gasteiger partial charge >= 0.3 is 0 Å². The minimum atomic E-state index is -2.20. The SMILES string of the molecule is Fc1c(F)c(F)c(-c2cc3cc4nc(cc5ccc(cc6ccc([nH]6)c2[nH]3)[nH]5)C=C4)c(F)c1F. The molecule has 0 saturated carbocycles. The molecular weight excluding hydrogens is 451 g/mol. The highest BCUT2D eigenvalue weighted by Gasteiger charge is 2.28. The van der Waals surface area contributed by atoms with Crippen LogP contribution in [0.1, 0.15) is 11.4 Å². The Kier molecular flexibility index (Phi) is 4.35. The van der Waals surface area contributed by atoms with Crippen LogP contribution in [0.25, 0.3) is 56.4 Å². The topological polar surface area (TPSA) is 60.3 Å². The smallest absolute Gasteiger partial charge is 0.200 e.